The van der Waals surface area contributed by atoms with Crippen molar-refractivity contribution in [3.63, 3.8) is 0 Å². The highest BCUT2D eigenvalue weighted by Crippen LogP contribution is 2.12. The van der Waals surface area contributed by atoms with E-state index in [0.29, 0.717) is 6.42 Å². The number of amides is 1. The maximum atomic E-state index is 11.5. The molecular weight excluding hydrogens is 270 g/mol. The Labute approximate surface area is 126 Å². The van der Waals surface area contributed by atoms with Gasteiger partial charge in [0.1, 0.15) is 0 Å². The first kappa shape index (κ1) is 19.0. The van der Waals surface area contributed by atoms with Crippen molar-refractivity contribution in [2.45, 2.75) is 46.1 Å². The predicted octanol–water partition coefficient (Wildman–Crippen LogP) is 3.93. The summed E-state index contributed by atoms with van der Waals surface area (Å²) in [4.78, 5) is 22.7. The number of benzene rings is 1. The van der Waals surface area contributed by atoms with Crippen LogP contribution < -0.4 is 4.90 Å². The van der Waals surface area contributed by atoms with Gasteiger partial charge in [-0.3, -0.25) is 9.69 Å². The van der Waals surface area contributed by atoms with E-state index in [1.54, 1.807) is 7.05 Å². The Morgan fingerprint density at radius 2 is 1.81 bits per heavy atom. The zero-order valence-corrected chi connectivity index (χ0v) is 13.2. The monoisotopic (exact) mass is 295 g/mol. The van der Waals surface area contributed by atoms with Gasteiger partial charge in [-0.05, 0) is 32.4 Å². The minimum absolute atomic E-state index is 0.0892. The molecule has 118 valence electrons. The van der Waals surface area contributed by atoms with Crippen molar-refractivity contribution >= 4 is 17.7 Å². The van der Waals surface area contributed by atoms with Crippen LogP contribution in [-0.2, 0) is 9.53 Å². The van der Waals surface area contributed by atoms with Crippen molar-refractivity contribution in [1.82, 2.24) is 0 Å². The second-order valence-electron chi connectivity index (χ2n) is 4.82. The maximum Gasteiger partial charge on any atom is 0.414 e. The molecule has 0 unspecified atom stereocenters. The summed E-state index contributed by atoms with van der Waals surface area (Å²) < 4.78 is 5.05. The summed E-state index contributed by atoms with van der Waals surface area (Å²) in [5, 5.41) is 8.04. The van der Waals surface area contributed by atoms with Gasteiger partial charge in [0.25, 0.3) is 0 Å². The van der Waals surface area contributed by atoms with Gasteiger partial charge in [0, 0.05) is 19.2 Å². The van der Waals surface area contributed by atoms with Crippen LogP contribution in [0.1, 0.15) is 40.0 Å². The van der Waals surface area contributed by atoms with Crippen LogP contribution in [0.2, 0.25) is 0 Å². The van der Waals surface area contributed by atoms with E-state index in [0.717, 1.165) is 18.5 Å². The third-order valence-electron chi connectivity index (χ3n) is 2.50. The number of rotatable bonds is 5. The van der Waals surface area contributed by atoms with Crippen LogP contribution in [0.3, 0.4) is 0 Å². The number of carbonyl (C=O) groups is 2. The number of nitrogens with zero attached hydrogens (tertiary/aromatic N) is 1. The lowest BCUT2D eigenvalue weighted by atomic mass is 10.3. The van der Waals surface area contributed by atoms with Gasteiger partial charge in [0.15, 0.2) is 0 Å². The summed E-state index contributed by atoms with van der Waals surface area (Å²) in [6, 6.07) is 9.40. The number of ether oxygens (including phenoxy) is 1. The fourth-order valence-electron chi connectivity index (χ4n) is 1.37. The van der Waals surface area contributed by atoms with E-state index in [4.69, 9.17) is 9.84 Å². The molecule has 5 heteroatoms. The summed E-state index contributed by atoms with van der Waals surface area (Å²) in [5.41, 5.74) is 0.832. The van der Waals surface area contributed by atoms with Crippen LogP contribution in [0.15, 0.2) is 30.3 Å². The molecule has 0 atom stereocenters. The van der Waals surface area contributed by atoms with Gasteiger partial charge in [-0.25, -0.2) is 4.79 Å². The quantitative estimate of drug-likeness (QED) is 0.893. The Bertz CT molecular complexity index is 418. The molecule has 1 aromatic carbocycles. The number of hydrogen-bond acceptors (Lipinski definition) is 3. The molecular formula is C16H25NO4. The van der Waals surface area contributed by atoms with Crippen LogP contribution in [0.5, 0.6) is 0 Å². The van der Waals surface area contributed by atoms with E-state index in [2.05, 4.69) is 0 Å². The Balaban J connectivity index is 0.000000486. The average Bonchev–Trinajstić information content (AvgIpc) is 2.45. The molecule has 0 saturated carbocycles. The number of carboxylic acids is 1. The lowest BCUT2D eigenvalue weighted by Crippen LogP contribution is -2.29. The third kappa shape index (κ3) is 9.49. The third-order valence-corrected chi connectivity index (χ3v) is 2.50. The molecule has 0 aliphatic rings. The van der Waals surface area contributed by atoms with Gasteiger partial charge in [-0.15, -0.1) is 0 Å². The zero-order chi connectivity index (χ0) is 16.3. The minimum Gasteiger partial charge on any atom is -0.481 e. The average molecular weight is 295 g/mol. The maximum absolute atomic E-state index is 11.5. The van der Waals surface area contributed by atoms with Gasteiger partial charge in [-0.2, -0.15) is 0 Å². The highest BCUT2D eigenvalue weighted by Gasteiger charge is 2.12. The van der Waals surface area contributed by atoms with Gasteiger partial charge in [-0.1, -0.05) is 31.5 Å². The Hall–Kier alpha value is -2.04. The molecule has 0 radical (unpaired) electrons. The van der Waals surface area contributed by atoms with E-state index in [-0.39, 0.29) is 12.2 Å². The molecule has 0 aliphatic heterocycles. The first-order valence-electron chi connectivity index (χ1n) is 7.09. The number of hydrogen-bond donors (Lipinski definition) is 1. The summed E-state index contributed by atoms with van der Waals surface area (Å²) in [5.74, 6) is -0.693. The summed E-state index contributed by atoms with van der Waals surface area (Å²) >= 11 is 0. The van der Waals surface area contributed by atoms with Crippen LogP contribution >= 0.6 is 0 Å². The van der Waals surface area contributed by atoms with Crippen molar-refractivity contribution in [3.05, 3.63) is 30.3 Å². The second-order valence-corrected chi connectivity index (χ2v) is 4.82. The highest BCUT2D eigenvalue weighted by atomic mass is 16.6. The molecule has 0 heterocycles. The standard InChI is InChI=1S/C11H15NO2.C5H10O2/c1-9(2)14-11(13)12(3)10-7-5-4-6-8-10;1-2-3-4-5(6)7/h4-9H,1-3H3;2-4H2,1H3,(H,6,7). The molecule has 21 heavy (non-hydrogen) atoms. The van der Waals surface area contributed by atoms with Crippen molar-refractivity contribution in [1.29, 1.82) is 0 Å². The van der Waals surface area contributed by atoms with Crippen LogP contribution in [0, 0.1) is 0 Å². The zero-order valence-electron chi connectivity index (χ0n) is 13.2. The first-order chi connectivity index (χ1) is 9.88. The van der Waals surface area contributed by atoms with Gasteiger partial charge < -0.3 is 9.84 Å². The minimum atomic E-state index is -0.693. The normalized spacial score (nSPS) is 9.57. The number of aliphatic carboxylic acids is 1. The SMILES string of the molecule is CC(C)OC(=O)N(C)c1ccccc1.CCCCC(=O)O. The number of anilines is 1. The van der Waals surface area contributed by atoms with Gasteiger partial charge in [0.2, 0.25) is 0 Å². The number of carboxylic acid groups (broad SMARTS) is 1. The van der Waals surface area contributed by atoms with E-state index < -0.39 is 5.97 Å². The molecule has 0 aliphatic carbocycles. The molecule has 0 bridgehead atoms. The number of unbranched alkanes of at least 4 members (excludes halogenated alkanes) is 1. The van der Waals surface area contributed by atoms with E-state index in [1.807, 2.05) is 51.1 Å². The molecule has 5 nitrogen and oxygen atoms in total. The lowest BCUT2D eigenvalue weighted by molar-refractivity contribution is -0.137. The summed E-state index contributed by atoms with van der Waals surface area (Å²) in [6.07, 6.45) is 1.66. The molecule has 0 spiro atoms. The smallest absolute Gasteiger partial charge is 0.414 e. The van der Waals surface area contributed by atoms with Crippen LogP contribution in [-0.4, -0.2) is 30.3 Å². The summed E-state index contributed by atoms with van der Waals surface area (Å²) in [6.45, 7) is 5.64. The fraction of sp³-hybridized carbons (Fsp3) is 0.500. The molecule has 0 fully saturated rings. The Morgan fingerprint density at radius 3 is 2.19 bits per heavy atom. The van der Waals surface area contributed by atoms with Crippen molar-refractivity contribution in [2.24, 2.45) is 0 Å². The Morgan fingerprint density at radius 1 is 1.24 bits per heavy atom. The molecule has 1 amide bonds. The lowest BCUT2D eigenvalue weighted by Gasteiger charge is -2.18. The van der Waals surface area contributed by atoms with Crippen molar-refractivity contribution < 1.29 is 19.4 Å². The second kappa shape index (κ2) is 10.7. The van der Waals surface area contributed by atoms with Crippen LogP contribution in [0.4, 0.5) is 10.5 Å². The molecule has 1 N–H and O–H groups in total. The molecule has 0 aromatic heterocycles. The highest BCUT2D eigenvalue weighted by molar-refractivity contribution is 5.86. The topological polar surface area (TPSA) is 66.8 Å². The fourth-order valence-corrected chi connectivity index (χ4v) is 1.37. The van der Waals surface area contributed by atoms with E-state index >= 15 is 0 Å². The van der Waals surface area contributed by atoms with Crippen LogP contribution in [0.25, 0.3) is 0 Å². The number of carbonyl (C=O) groups excluding carboxylic acids is 1. The van der Waals surface area contributed by atoms with Gasteiger partial charge in [0.05, 0.1) is 6.10 Å². The Kier molecular flexibility index (Phi) is 9.67. The molecule has 0 saturated heterocycles. The largest absolute Gasteiger partial charge is 0.481 e. The number of para-hydroxylation sites is 1. The van der Waals surface area contributed by atoms with E-state index in [1.165, 1.54) is 4.90 Å². The van der Waals surface area contributed by atoms with Crippen molar-refractivity contribution in [3.8, 4) is 0 Å². The molecule has 1 rings (SSSR count). The van der Waals surface area contributed by atoms with E-state index in [9.17, 15) is 9.59 Å². The summed E-state index contributed by atoms with van der Waals surface area (Å²) in [7, 11) is 1.69. The molecule has 1 aromatic rings. The van der Waals surface area contributed by atoms with Gasteiger partial charge >= 0.3 is 12.1 Å². The first-order valence-corrected chi connectivity index (χ1v) is 7.09. The predicted molar refractivity (Wildman–Crippen MR) is 83.6 cm³/mol. The van der Waals surface area contributed by atoms with Crippen molar-refractivity contribution in [2.75, 3.05) is 11.9 Å².